The molecule has 1 aliphatic heterocycles. The minimum Gasteiger partial charge on any atom is -0.493 e. The van der Waals surface area contributed by atoms with E-state index in [1.165, 1.54) is 11.7 Å². The number of hydrogen-bond acceptors (Lipinski definition) is 5. The molecule has 36 heavy (non-hydrogen) atoms. The fourth-order valence-corrected chi connectivity index (χ4v) is 5.12. The quantitative estimate of drug-likeness (QED) is 0.417. The van der Waals surface area contributed by atoms with Crippen molar-refractivity contribution in [3.05, 3.63) is 76.2 Å². The van der Waals surface area contributed by atoms with E-state index in [9.17, 15) is 14.4 Å². The molecule has 4 aromatic rings. The van der Waals surface area contributed by atoms with Crippen molar-refractivity contribution < 1.29 is 14.3 Å². The zero-order chi connectivity index (χ0) is 24.7. The number of carbonyl (C=O) groups excluding carboxylic acids is 2. The van der Waals surface area contributed by atoms with Crippen LogP contribution in [0.4, 0.5) is 0 Å². The molecule has 188 valence electrons. The summed E-state index contributed by atoms with van der Waals surface area (Å²) in [5.74, 6) is -0.167. The van der Waals surface area contributed by atoms with Gasteiger partial charge in [0.1, 0.15) is 5.39 Å². The Morgan fingerprint density at radius 3 is 2.47 bits per heavy atom. The zero-order valence-electron chi connectivity index (χ0n) is 20.3. The Morgan fingerprint density at radius 1 is 1.08 bits per heavy atom. The van der Waals surface area contributed by atoms with Crippen molar-refractivity contribution in [3.63, 3.8) is 0 Å². The number of pyridine rings is 1. The Balaban J connectivity index is 0.00000304. The van der Waals surface area contributed by atoms with E-state index < -0.39 is 0 Å². The van der Waals surface area contributed by atoms with Crippen LogP contribution in [-0.4, -0.2) is 52.0 Å². The molecular weight excluding hydrogens is 480 g/mol. The monoisotopic (exact) mass is 508 g/mol. The Labute approximate surface area is 214 Å². The summed E-state index contributed by atoms with van der Waals surface area (Å²) in [5, 5.41) is 1.05. The lowest BCUT2D eigenvalue weighted by molar-refractivity contribution is 0.0696. The van der Waals surface area contributed by atoms with Crippen LogP contribution in [0.15, 0.2) is 59.4 Å². The first kappa shape index (κ1) is 25.5. The zero-order valence-corrected chi connectivity index (χ0v) is 21.1. The number of methoxy groups -OCH3 is 1. The van der Waals surface area contributed by atoms with Gasteiger partial charge in [-0.1, -0.05) is 48.5 Å². The maximum absolute atomic E-state index is 13.9. The summed E-state index contributed by atoms with van der Waals surface area (Å²) in [5.41, 5.74) is 7.82. The van der Waals surface area contributed by atoms with Crippen molar-refractivity contribution in [2.45, 2.75) is 25.4 Å². The van der Waals surface area contributed by atoms with Crippen molar-refractivity contribution in [1.82, 2.24) is 14.0 Å². The molecule has 0 bridgehead atoms. The van der Waals surface area contributed by atoms with Gasteiger partial charge in [0, 0.05) is 37.1 Å². The number of piperidine rings is 1. The standard InChI is InChI=1S/C27H28N4O4.ClH/c1-29-23-19-12-6-7-13-20(19)31(16-21(32)17-9-4-3-5-10-17)26(33)22(23)25(35-2)24(29)27(34)30-14-8-11-18(28)15-30;/h3-7,9-10,12-13,18H,8,11,14-16,28H2,1-2H3;1H/t18-;/m0./s1. The molecule has 0 unspecified atom stereocenters. The van der Waals surface area contributed by atoms with E-state index in [0.29, 0.717) is 40.8 Å². The molecule has 8 nitrogen and oxygen atoms in total. The number of fused-ring (bicyclic) bond motifs is 3. The van der Waals surface area contributed by atoms with Gasteiger partial charge in [0.05, 0.1) is 24.7 Å². The predicted molar refractivity (Wildman–Crippen MR) is 142 cm³/mol. The van der Waals surface area contributed by atoms with Crippen LogP contribution in [0, 0.1) is 0 Å². The number of ether oxygens (including phenoxy) is 1. The molecule has 5 rings (SSSR count). The fourth-order valence-electron chi connectivity index (χ4n) is 5.12. The first-order chi connectivity index (χ1) is 16.9. The van der Waals surface area contributed by atoms with Gasteiger partial charge in [0.25, 0.3) is 11.5 Å². The number of carbonyl (C=O) groups is 2. The van der Waals surface area contributed by atoms with Crippen molar-refractivity contribution in [1.29, 1.82) is 0 Å². The maximum Gasteiger partial charge on any atom is 0.274 e. The molecule has 1 amide bonds. The average Bonchev–Trinajstić information content (AvgIpc) is 3.18. The number of halogens is 1. The van der Waals surface area contributed by atoms with E-state index in [-0.39, 0.29) is 48.0 Å². The molecule has 9 heteroatoms. The van der Waals surface area contributed by atoms with Crippen LogP contribution >= 0.6 is 12.4 Å². The van der Waals surface area contributed by atoms with E-state index in [2.05, 4.69) is 0 Å². The van der Waals surface area contributed by atoms with Crippen molar-refractivity contribution in [3.8, 4) is 5.75 Å². The number of ketones is 1. The van der Waals surface area contributed by atoms with Gasteiger partial charge in [0.2, 0.25) is 0 Å². The number of para-hydroxylation sites is 1. The summed E-state index contributed by atoms with van der Waals surface area (Å²) >= 11 is 0. The highest BCUT2D eigenvalue weighted by Gasteiger charge is 2.31. The lowest BCUT2D eigenvalue weighted by Gasteiger charge is -2.31. The summed E-state index contributed by atoms with van der Waals surface area (Å²) in [6.45, 7) is 0.940. The highest BCUT2D eigenvalue weighted by Crippen LogP contribution is 2.35. The summed E-state index contributed by atoms with van der Waals surface area (Å²) < 4.78 is 8.91. The molecule has 2 N–H and O–H groups in total. The van der Waals surface area contributed by atoms with E-state index in [0.717, 1.165) is 18.2 Å². The third-order valence-electron chi connectivity index (χ3n) is 6.81. The second kappa shape index (κ2) is 10.2. The molecule has 2 aromatic carbocycles. The van der Waals surface area contributed by atoms with Crippen LogP contribution in [0.1, 0.15) is 33.7 Å². The Kier molecular flexibility index (Phi) is 7.19. The van der Waals surface area contributed by atoms with Gasteiger partial charge in [-0.05, 0) is 18.9 Å². The Hall–Kier alpha value is -3.62. The summed E-state index contributed by atoms with van der Waals surface area (Å²) in [6, 6.07) is 16.2. The first-order valence-corrected chi connectivity index (χ1v) is 11.7. The number of benzene rings is 2. The smallest absolute Gasteiger partial charge is 0.274 e. The highest BCUT2D eigenvalue weighted by molar-refractivity contribution is 6.12. The lowest BCUT2D eigenvalue weighted by atomic mass is 10.1. The van der Waals surface area contributed by atoms with E-state index >= 15 is 0 Å². The number of Topliss-reactive ketones (excluding diaryl/α,β-unsaturated/α-hetero) is 1. The van der Waals surface area contributed by atoms with Crippen LogP contribution in [0.25, 0.3) is 21.8 Å². The maximum atomic E-state index is 13.9. The molecule has 0 radical (unpaired) electrons. The van der Waals surface area contributed by atoms with Gasteiger partial charge in [-0.15, -0.1) is 12.4 Å². The average molecular weight is 509 g/mol. The third kappa shape index (κ3) is 4.16. The largest absolute Gasteiger partial charge is 0.493 e. The Bertz CT molecular complexity index is 1510. The number of nitrogens with two attached hydrogens (primary N) is 1. The molecule has 1 saturated heterocycles. The fraction of sp³-hybridized carbons (Fsp3) is 0.296. The third-order valence-corrected chi connectivity index (χ3v) is 6.81. The topological polar surface area (TPSA) is 99.6 Å². The summed E-state index contributed by atoms with van der Waals surface area (Å²) in [7, 11) is 3.23. The van der Waals surface area contributed by atoms with Gasteiger partial charge in [-0.25, -0.2) is 0 Å². The van der Waals surface area contributed by atoms with Gasteiger partial charge >= 0.3 is 0 Å². The molecule has 1 atom stereocenters. The van der Waals surface area contributed by atoms with Gasteiger partial charge in [0.15, 0.2) is 17.2 Å². The number of amides is 1. The van der Waals surface area contributed by atoms with Crippen LogP contribution in [0.2, 0.25) is 0 Å². The molecular formula is C27H29ClN4O4. The summed E-state index contributed by atoms with van der Waals surface area (Å²) in [6.07, 6.45) is 1.71. The van der Waals surface area contributed by atoms with Gasteiger partial charge < -0.3 is 19.9 Å². The van der Waals surface area contributed by atoms with Crippen molar-refractivity contribution in [2.75, 3.05) is 20.2 Å². The summed E-state index contributed by atoms with van der Waals surface area (Å²) in [4.78, 5) is 42.3. The first-order valence-electron chi connectivity index (χ1n) is 11.7. The molecule has 0 saturated carbocycles. The van der Waals surface area contributed by atoms with Crippen LogP contribution in [0.5, 0.6) is 5.75 Å². The molecule has 1 aliphatic rings. The molecule has 2 aromatic heterocycles. The van der Waals surface area contributed by atoms with Crippen molar-refractivity contribution >= 4 is 45.9 Å². The number of aryl methyl sites for hydroxylation is 1. The minimum absolute atomic E-state index is 0. The van der Waals surface area contributed by atoms with Crippen LogP contribution < -0.4 is 16.0 Å². The highest BCUT2D eigenvalue weighted by atomic mass is 35.5. The second-order valence-electron chi connectivity index (χ2n) is 9.02. The number of aromatic nitrogens is 2. The van der Waals surface area contributed by atoms with Gasteiger partial charge in [-0.3, -0.25) is 19.0 Å². The number of rotatable bonds is 5. The van der Waals surface area contributed by atoms with E-state index in [4.69, 9.17) is 10.5 Å². The Morgan fingerprint density at radius 2 is 1.78 bits per heavy atom. The van der Waals surface area contributed by atoms with Crippen molar-refractivity contribution in [2.24, 2.45) is 12.8 Å². The normalized spacial score (nSPS) is 15.6. The van der Waals surface area contributed by atoms with Crippen LogP contribution in [-0.2, 0) is 13.6 Å². The van der Waals surface area contributed by atoms with Crippen LogP contribution in [0.3, 0.4) is 0 Å². The molecule has 3 heterocycles. The predicted octanol–water partition coefficient (Wildman–Crippen LogP) is 3.37. The number of nitrogens with zero attached hydrogens (tertiary/aromatic N) is 3. The van der Waals surface area contributed by atoms with E-state index in [1.807, 2.05) is 30.3 Å². The minimum atomic E-state index is -0.371. The van der Waals surface area contributed by atoms with E-state index in [1.54, 1.807) is 40.8 Å². The molecule has 0 spiro atoms. The second-order valence-corrected chi connectivity index (χ2v) is 9.02. The molecule has 0 aliphatic carbocycles. The number of likely N-dealkylation sites (tertiary alicyclic amines) is 1. The molecule has 1 fully saturated rings. The number of hydrogen-bond donors (Lipinski definition) is 1. The van der Waals surface area contributed by atoms with Gasteiger partial charge in [-0.2, -0.15) is 0 Å². The SMILES string of the molecule is COc1c(C(=O)N2CCC[C@H](N)C2)n(C)c2c1c(=O)n(CC(=O)c1ccccc1)c1ccccc21.Cl. The lowest BCUT2D eigenvalue weighted by Crippen LogP contribution is -2.46.